The van der Waals surface area contributed by atoms with Crippen LogP contribution >= 0.6 is 0 Å². The van der Waals surface area contributed by atoms with Crippen LogP contribution in [-0.4, -0.2) is 43.0 Å². The number of nitrogens with zero attached hydrogens (tertiary/aromatic N) is 2. The summed E-state index contributed by atoms with van der Waals surface area (Å²) in [6.45, 7) is 2.25. The fraction of sp³-hybridized carbons (Fsp3) is 0.294. The lowest BCUT2D eigenvalue weighted by Gasteiger charge is -2.27. The van der Waals surface area contributed by atoms with Gasteiger partial charge in [0.25, 0.3) is 5.91 Å². The molecule has 1 aromatic heterocycles. The van der Waals surface area contributed by atoms with Crippen LogP contribution < -0.4 is 5.32 Å². The van der Waals surface area contributed by atoms with Crippen LogP contribution in [0.3, 0.4) is 0 Å². The van der Waals surface area contributed by atoms with E-state index in [4.69, 9.17) is 0 Å². The largest absolute Gasteiger partial charge is 0.351 e. The zero-order valence-electron chi connectivity index (χ0n) is 13.7. The van der Waals surface area contributed by atoms with Crippen LogP contribution in [0.15, 0.2) is 54.9 Å². The van der Waals surface area contributed by atoms with Crippen molar-refractivity contribution in [2.45, 2.75) is 13.0 Å². The molecular weight excluding hydrogens is 326 g/mol. The maximum Gasteiger partial charge on any atom is 0.252 e. The summed E-state index contributed by atoms with van der Waals surface area (Å²) >= 11 is 0. The topological polar surface area (TPSA) is 79.4 Å². The molecule has 2 rings (SSSR count). The van der Waals surface area contributed by atoms with Crippen LogP contribution in [0.1, 0.15) is 28.9 Å². The fourth-order valence-corrected chi connectivity index (χ4v) is 3.54. The molecule has 1 atom stereocenters. The Labute approximate surface area is 142 Å². The van der Waals surface area contributed by atoms with Crippen LogP contribution in [0, 0.1) is 0 Å². The molecule has 1 N–H and O–H groups in total. The highest BCUT2D eigenvalue weighted by atomic mass is 32.2. The maximum atomic E-state index is 12.1. The minimum absolute atomic E-state index is 0.195. The summed E-state index contributed by atoms with van der Waals surface area (Å²) < 4.78 is 25.6. The van der Waals surface area contributed by atoms with Gasteiger partial charge in [-0.05, 0) is 24.6 Å². The highest BCUT2D eigenvalue weighted by Crippen LogP contribution is 2.21. The van der Waals surface area contributed by atoms with Crippen molar-refractivity contribution >= 4 is 15.9 Å². The number of rotatable bonds is 7. The number of sulfonamides is 1. The third-order valence-electron chi connectivity index (χ3n) is 3.68. The Morgan fingerprint density at radius 3 is 2.50 bits per heavy atom. The van der Waals surface area contributed by atoms with Gasteiger partial charge in [0.1, 0.15) is 0 Å². The van der Waals surface area contributed by atoms with Gasteiger partial charge in [0.05, 0.1) is 11.8 Å². The first-order valence-corrected chi connectivity index (χ1v) is 9.44. The molecular formula is C17H21N3O3S. The molecule has 1 heterocycles. The second-order valence-corrected chi connectivity index (χ2v) is 7.39. The lowest BCUT2D eigenvalue weighted by molar-refractivity contribution is 0.0950. The number of nitrogens with one attached hydrogen (secondary N) is 1. The SMILES string of the molecule is CC(c1ccccc1)N(CCNC(=O)c1cccnc1)S(C)(=O)=O. The number of pyridine rings is 1. The van der Waals surface area contributed by atoms with Gasteiger partial charge in [-0.15, -0.1) is 0 Å². The molecule has 1 amide bonds. The van der Waals surface area contributed by atoms with E-state index in [2.05, 4.69) is 10.3 Å². The van der Waals surface area contributed by atoms with Crippen molar-refractivity contribution in [1.29, 1.82) is 0 Å². The summed E-state index contributed by atoms with van der Waals surface area (Å²) in [5, 5.41) is 2.72. The van der Waals surface area contributed by atoms with E-state index in [1.165, 1.54) is 16.8 Å². The summed E-state index contributed by atoms with van der Waals surface area (Å²) in [6, 6.07) is 12.4. The van der Waals surface area contributed by atoms with E-state index in [1.807, 2.05) is 37.3 Å². The smallest absolute Gasteiger partial charge is 0.252 e. The van der Waals surface area contributed by atoms with Crippen LogP contribution in [0.25, 0.3) is 0 Å². The molecule has 1 aromatic carbocycles. The molecule has 0 radical (unpaired) electrons. The maximum absolute atomic E-state index is 12.1. The number of hydrogen-bond donors (Lipinski definition) is 1. The molecule has 0 aliphatic carbocycles. The van der Waals surface area contributed by atoms with E-state index < -0.39 is 10.0 Å². The molecule has 0 aliphatic rings. The van der Waals surface area contributed by atoms with E-state index in [0.717, 1.165) is 5.56 Å². The van der Waals surface area contributed by atoms with Crippen LogP contribution in [0.2, 0.25) is 0 Å². The van der Waals surface area contributed by atoms with E-state index in [-0.39, 0.29) is 25.0 Å². The van der Waals surface area contributed by atoms with Crippen molar-refractivity contribution in [3.63, 3.8) is 0 Å². The third kappa shape index (κ3) is 4.87. The van der Waals surface area contributed by atoms with Gasteiger partial charge in [-0.3, -0.25) is 9.78 Å². The molecule has 6 nitrogen and oxygen atoms in total. The Balaban J connectivity index is 2.01. The second-order valence-electron chi connectivity index (χ2n) is 5.46. The number of amides is 1. The van der Waals surface area contributed by atoms with Crippen molar-refractivity contribution in [1.82, 2.24) is 14.6 Å². The first kappa shape index (κ1) is 18.1. The molecule has 2 aromatic rings. The minimum atomic E-state index is -3.41. The van der Waals surface area contributed by atoms with Gasteiger partial charge >= 0.3 is 0 Å². The quantitative estimate of drug-likeness (QED) is 0.829. The number of aromatic nitrogens is 1. The van der Waals surface area contributed by atoms with E-state index in [0.29, 0.717) is 5.56 Å². The molecule has 1 unspecified atom stereocenters. The van der Waals surface area contributed by atoms with Crippen molar-refractivity contribution in [3.8, 4) is 0 Å². The van der Waals surface area contributed by atoms with Crippen LogP contribution in [0.4, 0.5) is 0 Å². The van der Waals surface area contributed by atoms with Gasteiger partial charge in [0, 0.05) is 31.5 Å². The van der Waals surface area contributed by atoms with Crippen molar-refractivity contribution < 1.29 is 13.2 Å². The molecule has 0 spiro atoms. The average molecular weight is 347 g/mol. The Morgan fingerprint density at radius 1 is 1.21 bits per heavy atom. The van der Waals surface area contributed by atoms with Gasteiger partial charge in [0.15, 0.2) is 0 Å². The summed E-state index contributed by atoms with van der Waals surface area (Å²) in [7, 11) is -3.41. The van der Waals surface area contributed by atoms with E-state index in [9.17, 15) is 13.2 Å². The normalized spacial score (nSPS) is 12.8. The molecule has 0 aliphatic heterocycles. The van der Waals surface area contributed by atoms with Crippen molar-refractivity contribution in [3.05, 3.63) is 66.0 Å². The first-order valence-electron chi connectivity index (χ1n) is 7.59. The van der Waals surface area contributed by atoms with Crippen molar-refractivity contribution in [2.24, 2.45) is 0 Å². The molecule has 0 saturated heterocycles. The summed E-state index contributed by atoms with van der Waals surface area (Å²) in [4.78, 5) is 15.9. The fourth-order valence-electron chi connectivity index (χ4n) is 2.42. The molecule has 0 bridgehead atoms. The average Bonchev–Trinajstić information content (AvgIpc) is 2.58. The van der Waals surface area contributed by atoms with Gasteiger partial charge in [-0.2, -0.15) is 4.31 Å². The van der Waals surface area contributed by atoms with Gasteiger partial charge in [0.2, 0.25) is 10.0 Å². The number of carbonyl (C=O) groups excluding carboxylic acids is 1. The molecule has 128 valence electrons. The Hall–Kier alpha value is -2.25. The van der Waals surface area contributed by atoms with Crippen molar-refractivity contribution in [2.75, 3.05) is 19.3 Å². The van der Waals surface area contributed by atoms with Crippen LogP contribution in [-0.2, 0) is 10.0 Å². The Bertz CT molecular complexity index is 764. The molecule has 7 heteroatoms. The number of hydrogen-bond acceptors (Lipinski definition) is 4. The molecule has 0 fully saturated rings. The van der Waals surface area contributed by atoms with Crippen LogP contribution in [0.5, 0.6) is 0 Å². The summed E-state index contributed by atoms with van der Waals surface area (Å²) in [6.07, 6.45) is 4.23. The standard InChI is InChI=1S/C17H21N3O3S/c1-14(15-7-4-3-5-8-15)20(24(2,22)23)12-11-19-17(21)16-9-6-10-18-13-16/h3-10,13-14H,11-12H2,1-2H3,(H,19,21). The van der Waals surface area contributed by atoms with Gasteiger partial charge in [-0.25, -0.2) is 8.42 Å². The Morgan fingerprint density at radius 2 is 1.92 bits per heavy atom. The zero-order valence-corrected chi connectivity index (χ0v) is 14.5. The number of benzene rings is 1. The second kappa shape index (κ2) is 8.03. The number of carbonyl (C=O) groups is 1. The lowest BCUT2D eigenvalue weighted by Crippen LogP contribution is -2.39. The van der Waals surface area contributed by atoms with Gasteiger partial charge in [-0.1, -0.05) is 30.3 Å². The first-order chi connectivity index (χ1) is 11.4. The summed E-state index contributed by atoms with van der Waals surface area (Å²) in [5.74, 6) is -0.274. The predicted octanol–water partition coefficient (Wildman–Crippen LogP) is 1.83. The predicted molar refractivity (Wildman–Crippen MR) is 93.0 cm³/mol. The summed E-state index contributed by atoms with van der Waals surface area (Å²) in [5.41, 5.74) is 1.35. The molecule has 24 heavy (non-hydrogen) atoms. The van der Waals surface area contributed by atoms with E-state index in [1.54, 1.807) is 18.3 Å². The van der Waals surface area contributed by atoms with Gasteiger partial charge < -0.3 is 5.32 Å². The van der Waals surface area contributed by atoms with E-state index >= 15 is 0 Å². The third-order valence-corrected chi connectivity index (χ3v) is 5.03. The lowest BCUT2D eigenvalue weighted by atomic mass is 10.1. The highest BCUT2D eigenvalue weighted by molar-refractivity contribution is 7.88. The monoisotopic (exact) mass is 347 g/mol. The minimum Gasteiger partial charge on any atom is -0.351 e. The highest BCUT2D eigenvalue weighted by Gasteiger charge is 2.24. The molecule has 0 saturated carbocycles. The zero-order chi connectivity index (χ0) is 17.6. The Kier molecular flexibility index (Phi) is 6.05.